The van der Waals surface area contributed by atoms with Crippen LogP contribution in [0.2, 0.25) is 5.02 Å². The number of nitrogens with zero attached hydrogens (tertiary/aromatic N) is 3. The lowest BCUT2D eigenvalue weighted by molar-refractivity contribution is 0.312. The van der Waals surface area contributed by atoms with E-state index in [1.807, 2.05) is 0 Å². The molecule has 5 nitrogen and oxygen atoms in total. The summed E-state index contributed by atoms with van der Waals surface area (Å²) in [5, 5.41) is 2.75. The lowest BCUT2D eigenvalue weighted by Crippen LogP contribution is -2.05. The third-order valence-electron chi connectivity index (χ3n) is 2.39. The maximum atomic E-state index is 14.2. The van der Waals surface area contributed by atoms with Crippen molar-refractivity contribution in [3.8, 4) is 17.4 Å². The van der Waals surface area contributed by atoms with Crippen molar-refractivity contribution in [2.45, 2.75) is 6.92 Å². The first kappa shape index (κ1) is 14.9. The summed E-state index contributed by atoms with van der Waals surface area (Å²) in [5.41, 5.74) is 0.179. The van der Waals surface area contributed by atoms with Crippen LogP contribution in [0.25, 0.3) is 11.4 Å². The molecule has 20 heavy (non-hydrogen) atoms. The van der Waals surface area contributed by atoms with Crippen LogP contribution in [0.4, 0.5) is 10.3 Å². The molecular weight excluding hydrogens is 351 g/mol. The second kappa shape index (κ2) is 6.32. The normalized spacial score (nSPS) is 10.4. The van der Waals surface area contributed by atoms with Crippen molar-refractivity contribution >= 4 is 33.5 Å². The molecule has 0 spiro atoms. The third kappa shape index (κ3) is 2.99. The minimum Gasteiger partial charge on any atom is -0.464 e. The highest BCUT2D eigenvalue weighted by atomic mass is 79.9. The second-order valence-corrected chi connectivity index (χ2v) is 4.90. The largest absolute Gasteiger partial charge is 0.464 e. The first-order valence-corrected chi connectivity index (χ1v) is 6.94. The van der Waals surface area contributed by atoms with Gasteiger partial charge in [-0.25, -0.2) is 4.39 Å². The lowest BCUT2D eigenvalue weighted by atomic mass is 10.2. The molecule has 1 heterocycles. The Balaban J connectivity index is 2.57. The number of hydrogen-bond donors (Lipinski definition) is 1. The Kier molecular flexibility index (Phi) is 4.72. The number of halogens is 3. The topological polar surface area (TPSA) is 59.9 Å². The van der Waals surface area contributed by atoms with Crippen LogP contribution in [0.15, 0.2) is 16.6 Å². The fourth-order valence-corrected chi connectivity index (χ4v) is 1.95. The average Bonchev–Trinajstić information content (AvgIpc) is 2.45. The summed E-state index contributed by atoms with van der Waals surface area (Å²) in [5.74, 6) is -0.159. The molecule has 2 aromatic rings. The fourth-order valence-electron chi connectivity index (χ4n) is 1.48. The van der Waals surface area contributed by atoms with Gasteiger partial charge in [-0.1, -0.05) is 11.6 Å². The Bertz CT molecular complexity index is 641. The van der Waals surface area contributed by atoms with Crippen molar-refractivity contribution in [2.24, 2.45) is 0 Å². The molecule has 0 aliphatic rings. The smallest absolute Gasteiger partial charge is 0.321 e. The molecule has 0 saturated carbocycles. The van der Waals surface area contributed by atoms with Crippen molar-refractivity contribution in [2.75, 3.05) is 19.0 Å². The van der Waals surface area contributed by atoms with Crippen LogP contribution in [0.1, 0.15) is 6.92 Å². The number of anilines is 1. The second-order valence-electron chi connectivity index (χ2n) is 3.67. The third-order valence-corrected chi connectivity index (χ3v) is 3.65. The molecule has 0 fully saturated rings. The lowest BCUT2D eigenvalue weighted by Gasteiger charge is -2.08. The summed E-state index contributed by atoms with van der Waals surface area (Å²) in [4.78, 5) is 12.2. The molecule has 0 saturated heterocycles. The van der Waals surface area contributed by atoms with Crippen LogP contribution in [-0.2, 0) is 0 Å². The summed E-state index contributed by atoms with van der Waals surface area (Å²) in [6.45, 7) is 2.20. The zero-order valence-electron chi connectivity index (χ0n) is 10.7. The molecule has 2 rings (SSSR count). The van der Waals surface area contributed by atoms with Gasteiger partial charge in [0.1, 0.15) is 0 Å². The van der Waals surface area contributed by atoms with Gasteiger partial charge in [0.15, 0.2) is 11.6 Å². The molecule has 0 bridgehead atoms. The zero-order valence-corrected chi connectivity index (χ0v) is 13.1. The molecule has 8 heteroatoms. The van der Waals surface area contributed by atoms with Gasteiger partial charge in [0.25, 0.3) is 0 Å². The number of nitrogens with one attached hydrogen (secondary N) is 1. The van der Waals surface area contributed by atoms with Crippen molar-refractivity contribution in [1.29, 1.82) is 0 Å². The van der Waals surface area contributed by atoms with Crippen molar-refractivity contribution in [3.05, 3.63) is 27.4 Å². The molecule has 0 amide bonds. The molecule has 0 radical (unpaired) electrons. The Morgan fingerprint density at radius 2 is 2.10 bits per heavy atom. The first-order valence-electron chi connectivity index (χ1n) is 5.77. The van der Waals surface area contributed by atoms with Gasteiger partial charge in [-0.2, -0.15) is 15.0 Å². The predicted molar refractivity (Wildman–Crippen MR) is 78.6 cm³/mol. The van der Waals surface area contributed by atoms with Crippen LogP contribution >= 0.6 is 27.5 Å². The van der Waals surface area contributed by atoms with E-state index in [4.69, 9.17) is 16.3 Å². The molecular formula is C12H11BrClFN4O. The Labute approximate surface area is 128 Å². The van der Waals surface area contributed by atoms with E-state index in [0.29, 0.717) is 11.1 Å². The minimum atomic E-state index is -0.600. The minimum absolute atomic E-state index is 0.0214. The summed E-state index contributed by atoms with van der Waals surface area (Å²) in [6.07, 6.45) is 0. The number of benzene rings is 1. The first-order chi connectivity index (χ1) is 9.56. The van der Waals surface area contributed by atoms with E-state index in [-0.39, 0.29) is 28.4 Å². The van der Waals surface area contributed by atoms with E-state index in [2.05, 4.69) is 36.2 Å². The van der Waals surface area contributed by atoms with Gasteiger partial charge in [-0.05, 0) is 35.0 Å². The van der Waals surface area contributed by atoms with Crippen LogP contribution in [0.5, 0.6) is 6.01 Å². The number of aromatic nitrogens is 3. The van der Waals surface area contributed by atoms with Crippen LogP contribution < -0.4 is 10.1 Å². The maximum absolute atomic E-state index is 14.2. The Hall–Kier alpha value is -1.47. The average molecular weight is 362 g/mol. The highest BCUT2D eigenvalue weighted by molar-refractivity contribution is 9.10. The van der Waals surface area contributed by atoms with E-state index in [1.54, 1.807) is 20.0 Å². The Morgan fingerprint density at radius 3 is 2.75 bits per heavy atom. The van der Waals surface area contributed by atoms with Gasteiger partial charge >= 0.3 is 6.01 Å². The molecule has 106 valence electrons. The van der Waals surface area contributed by atoms with Crippen LogP contribution in [0, 0.1) is 5.82 Å². The molecule has 1 aromatic carbocycles. The van der Waals surface area contributed by atoms with Gasteiger partial charge in [0, 0.05) is 11.5 Å². The van der Waals surface area contributed by atoms with E-state index >= 15 is 0 Å². The van der Waals surface area contributed by atoms with E-state index in [1.165, 1.54) is 6.07 Å². The zero-order chi connectivity index (χ0) is 14.7. The molecule has 0 atom stereocenters. The highest BCUT2D eigenvalue weighted by Gasteiger charge is 2.16. The molecule has 1 aromatic heterocycles. The van der Waals surface area contributed by atoms with Gasteiger partial charge < -0.3 is 10.1 Å². The van der Waals surface area contributed by atoms with E-state index in [9.17, 15) is 4.39 Å². The van der Waals surface area contributed by atoms with Crippen molar-refractivity contribution in [3.63, 3.8) is 0 Å². The number of ether oxygens (including phenoxy) is 1. The molecule has 0 aliphatic heterocycles. The summed E-state index contributed by atoms with van der Waals surface area (Å²) in [7, 11) is 1.65. The van der Waals surface area contributed by atoms with E-state index in [0.717, 1.165) is 0 Å². The Morgan fingerprint density at radius 1 is 1.35 bits per heavy atom. The van der Waals surface area contributed by atoms with Gasteiger partial charge in [0.05, 0.1) is 17.2 Å². The number of rotatable bonds is 4. The van der Waals surface area contributed by atoms with Gasteiger partial charge in [0.2, 0.25) is 5.95 Å². The predicted octanol–water partition coefficient (Wildman–Crippen LogP) is 3.53. The van der Waals surface area contributed by atoms with Crippen LogP contribution in [-0.4, -0.2) is 28.6 Å². The van der Waals surface area contributed by atoms with E-state index < -0.39 is 5.82 Å². The monoisotopic (exact) mass is 360 g/mol. The van der Waals surface area contributed by atoms with Crippen LogP contribution in [0.3, 0.4) is 0 Å². The molecule has 0 aliphatic carbocycles. The quantitative estimate of drug-likeness (QED) is 0.844. The molecule has 1 N–H and O–H groups in total. The SMILES string of the molecule is CCOc1nc(NC)nc(-c2ccc(Br)c(Cl)c2F)n1. The summed E-state index contributed by atoms with van der Waals surface area (Å²) < 4.78 is 19.9. The standard InChI is InChI=1S/C12H11BrClFN4O/c1-3-20-12-18-10(17-11(16-2)19-12)6-4-5-7(13)8(14)9(6)15/h4-5H,3H2,1-2H3,(H,16,17,18,19). The summed E-state index contributed by atoms with van der Waals surface area (Å²) >= 11 is 9.03. The molecule has 0 unspecified atom stereocenters. The van der Waals surface area contributed by atoms with Crippen molar-refractivity contribution < 1.29 is 9.13 Å². The number of hydrogen-bond acceptors (Lipinski definition) is 5. The highest BCUT2D eigenvalue weighted by Crippen LogP contribution is 2.32. The van der Waals surface area contributed by atoms with Crippen molar-refractivity contribution in [1.82, 2.24) is 15.0 Å². The van der Waals surface area contributed by atoms with Gasteiger partial charge in [-0.3, -0.25) is 0 Å². The fraction of sp³-hybridized carbons (Fsp3) is 0.250. The maximum Gasteiger partial charge on any atom is 0.321 e. The summed E-state index contributed by atoms with van der Waals surface area (Å²) in [6, 6.07) is 3.29. The van der Waals surface area contributed by atoms with Gasteiger partial charge in [-0.15, -0.1) is 0 Å².